The summed E-state index contributed by atoms with van der Waals surface area (Å²) in [6.07, 6.45) is 2.00. The Hall–Kier alpha value is -1.19. The first-order valence-corrected chi connectivity index (χ1v) is 10.5. The molecule has 2 fully saturated rings. The van der Waals surface area contributed by atoms with Gasteiger partial charge >= 0.3 is 21.3 Å². The Morgan fingerprint density at radius 2 is 1.74 bits per heavy atom. The number of benzene rings is 1. The Balaban J connectivity index is 1.52. The number of hydrogen-bond acceptors (Lipinski definition) is 4. The van der Waals surface area contributed by atoms with Crippen LogP contribution in [0.2, 0.25) is 0 Å². The van der Waals surface area contributed by atoms with Crippen LogP contribution >= 0.6 is 0 Å². The van der Waals surface area contributed by atoms with Crippen LogP contribution in [0.4, 0.5) is 17.6 Å². The lowest BCUT2D eigenvalue weighted by molar-refractivity contribution is -0.209. The van der Waals surface area contributed by atoms with Gasteiger partial charge in [0.25, 0.3) is 0 Å². The summed E-state index contributed by atoms with van der Waals surface area (Å²) in [6, 6.07) is 7.11. The standard InChI is InChI=1S/C18H21F4NO3S/c19-17(20,16-10-12-5-6-14(16)9-12)18(21,22)27(24,25)26-23-8-7-13-3-1-2-4-15(13)11-23/h1-4,12,14,16H,5-11H2. The quantitative estimate of drug-likeness (QED) is 0.693. The van der Waals surface area contributed by atoms with Crippen molar-refractivity contribution >= 4 is 10.1 Å². The molecule has 2 saturated carbocycles. The van der Waals surface area contributed by atoms with Crippen molar-refractivity contribution in [2.24, 2.45) is 17.8 Å². The van der Waals surface area contributed by atoms with E-state index >= 15 is 0 Å². The molecule has 3 aliphatic rings. The fourth-order valence-electron chi connectivity index (χ4n) is 4.79. The first kappa shape index (κ1) is 19.1. The van der Waals surface area contributed by atoms with Crippen molar-refractivity contribution < 1.29 is 30.3 Å². The van der Waals surface area contributed by atoms with Gasteiger partial charge in [-0.05, 0) is 48.6 Å². The maximum Gasteiger partial charge on any atom is 0.433 e. The van der Waals surface area contributed by atoms with E-state index in [9.17, 15) is 26.0 Å². The summed E-state index contributed by atoms with van der Waals surface area (Å²) in [4.78, 5) is 0. The number of nitrogens with zero attached hydrogens (tertiary/aromatic N) is 1. The van der Waals surface area contributed by atoms with Gasteiger partial charge in [-0.15, -0.1) is 0 Å². The van der Waals surface area contributed by atoms with Crippen molar-refractivity contribution in [2.45, 2.75) is 49.8 Å². The molecule has 150 valence electrons. The molecule has 9 heteroatoms. The van der Waals surface area contributed by atoms with Gasteiger partial charge in [-0.1, -0.05) is 30.7 Å². The number of rotatable bonds is 5. The Morgan fingerprint density at radius 1 is 1.04 bits per heavy atom. The molecule has 4 nitrogen and oxygen atoms in total. The lowest BCUT2D eigenvalue weighted by Crippen LogP contribution is -2.54. The van der Waals surface area contributed by atoms with Crippen LogP contribution in [0, 0.1) is 17.8 Å². The van der Waals surface area contributed by atoms with Crippen LogP contribution in [0.5, 0.6) is 0 Å². The second-order valence-corrected chi connectivity index (χ2v) is 9.40. The number of hydroxylamine groups is 2. The van der Waals surface area contributed by atoms with E-state index in [0.29, 0.717) is 19.3 Å². The molecule has 2 aliphatic carbocycles. The molecule has 1 aliphatic heterocycles. The van der Waals surface area contributed by atoms with Crippen molar-refractivity contribution in [2.75, 3.05) is 6.54 Å². The lowest BCUT2D eigenvalue weighted by atomic mass is 9.84. The van der Waals surface area contributed by atoms with E-state index in [0.717, 1.165) is 22.6 Å². The van der Waals surface area contributed by atoms with E-state index in [-0.39, 0.29) is 25.4 Å². The largest absolute Gasteiger partial charge is 0.433 e. The summed E-state index contributed by atoms with van der Waals surface area (Å²) in [5, 5.41) is -4.45. The molecule has 0 N–H and O–H groups in total. The van der Waals surface area contributed by atoms with Crippen LogP contribution < -0.4 is 0 Å². The van der Waals surface area contributed by atoms with Crippen LogP contribution in [0.25, 0.3) is 0 Å². The smallest absolute Gasteiger partial charge is 0.198 e. The minimum absolute atomic E-state index is 0.0103. The molecule has 27 heavy (non-hydrogen) atoms. The highest BCUT2D eigenvalue weighted by molar-refractivity contribution is 7.87. The van der Waals surface area contributed by atoms with E-state index < -0.39 is 33.1 Å². The molecule has 0 saturated heterocycles. The second-order valence-electron chi connectivity index (χ2n) is 7.83. The van der Waals surface area contributed by atoms with Crippen LogP contribution in [0.1, 0.15) is 36.8 Å². The van der Waals surface area contributed by atoms with Crippen molar-refractivity contribution in [3.05, 3.63) is 35.4 Å². The van der Waals surface area contributed by atoms with Crippen molar-refractivity contribution in [1.29, 1.82) is 0 Å². The monoisotopic (exact) mass is 407 g/mol. The predicted molar refractivity (Wildman–Crippen MR) is 89.4 cm³/mol. The van der Waals surface area contributed by atoms with Gasteiger partial charge in [0.1, 0.15) is 0 Å². The molecule has 3 unspecified atom stereocenters. The van der Waals surface area contributed by atoms with E-state index in [1.54, 1.807) is 12.1 Å². The third-order valence-corrected chi connectivity index (χ3v) is 7.51. The van der Waals surface area contributed by atoms with Crippen LogP contribution in [0.15, 0.2) is 24.3 Å². The minimum atomic E-state index is -5.83. The molecule has 1 aromatic rings. The van der Waals surface area contributed by atoms with Gasteiger partial charge in [-0.3, -0.25) is 0 Å². The average Bonchev–Trinajstić information content (AvgIpc) is 3.24. The van der Waals surface area contributed by atoms with Crippen molar-refractivity contribution in [3.8, 4) is 0 Å². The zero-order valence-electron chi connectivity index (χ0n) is 14.6. The van der Waals surface area contributed by atoms with Gasteiger partial charge in [0, 0.05) is 12.5 Å². The fraction of sp³-hybridized carbons (Fsp3) is 0.667. The molecule has 0 aromatic heterocycles. The number of halogens is 4. The fourth-order valence-corrected chi connectivity index (χ4v) is 5.77. The topological polar surface area (TPSA) is 46.6 Å². The number of fused-ring (bicyclic) bond motifs is 3. The van der Waals surface area contributed by atoms with Crippen LogP contribution in [0.3, 0.4) is 0 Å². The number of hydrogen-bond donors (Lipinski definition) is 0. The van der Waals surface area contributed by atoms with Gasteiger partial charge in [0.05, 0.1) is 6.54 Å². The van der Waals surface area contributed by atoms with Gasteiger partial charge in [0.2, 0.25) is 0 Å². The molecule has 3 atom stereocenters. The molecule has 2 bridgehead atoms. The average molecular weight is 407 g/mol. The summed E-state index contributed by atoms with van der Waals surface area (Å²) in [5.74, 6) is -6.83. The van der Waals surface area contributed by atoms with Crippen molar-refractivity contribution in [3.63, 3.8) is 0 Å². The summed E-state index contributed by atoms with van der Waals surface area (Å²) < 4.78 is 87.1. The highest BCUT2D eigenvalue weighted by atomic mass is 32.2. The lowest BCUT2D eigenvalue weighted by Gasteiger charge is -2.35. The van der Waals surface area contributed by atoms with E-state index in [4.69, 9.17) is 0 Å². The van der Waals surface area contributed by atoms with Gasteiger partial charge in [-0.2, -0.15) is 35.3 Å². The summed E-state index contributed by atoms with van der Waals surface area (Å²) >= 11 is 0. The Morgan fingerprint density at radius 3 is 2.37 bits per heavy atom. The molecule has 1 aromatic carbocycles. The zero-order valence-corrected chi connectivity index (χ0v) is 15.4. The summed E-state index contributed by atoms with van der Waals surface area (Å²) in [6.45, 7) is -0.0167. The van der Waals surface area contributed by atoms with Crippen LogP contribution in [-0.2, 0) is 27.4 Å². The molecule has 0 radical (unpaired) electrons. The first-order valence-electron chi connectivity index (χ1n) is 9.13. The molecule has 4 rings (SSSR count). The normalized spacial score (nSPS) is 29.1. The minimum Gasteiger partial charge on any atom is -0.198 e. The highest BCUT2D eigenvalue weighted by Crippen LogP contribution is 2.58. The third kappa shape index (κ3) is 3.07. The highest BCUT2D eigenvalue weighted by Gasteiger charge is 2.72. The van der Waals surface area contributed by atoms with Crippen LogP contribution in [-0.4, -0.2) is 31.2 Å². The van der Waals surface area contributed by atoms with E-state index in [1.165, 1.54) is 0 Å². The Labute approximate surface area is 155 Å². The van der Waals surface area contributed by atoms with E-state index in [1.807, 2.05) is 12.1 Å². The van der Waals surface area contributed by atoms with Gasteiger partial charge < -0.3 is 0 Å². The van der Waals surface area contributed by atoms with E-state index in [2.05, 4.69) is 4.28 Å². The molecule has 0 amide bonds. The maximum atomic E-state index is 14.6. The van der Waals surface area contributed by atoms with Gasteiger partial charge in [0.15, 0.2) is 0 Å². The third-order valence-electron chi connectivity index (χ3n) is 6.20. The molecule has 1 heterocycles. The number of alkyl halides is 4. The first-order chi connectivity index (χ1) is 12.6. The zero-order chi connectivity index (χ0) is 19.4. The maximum absolute atomic E-state index is 14.6. The molecular weight excluding hydrogens is 386 g/mol. The predicted octanol–water partition coefficient (Wildman–Crippen LogP) is 3.97. The Bertz CT molecular complexity index is 830. The molecule has 0 spiro atoms. The summed E-state index contributed by atoms with van der Waals surface area (Å²) in [7, 11) is -5.83. The van der Waals surface area contributed by atoms with Gasteiger partial charge in [-0.25, -0.2) is 0 Å². The summed E-state index contributed by atoms with van der Waals surface area (Å²) in [5.41, 5.74) is 1.68. The van der Waals surface area contributed by atoms with Crippen molar-refractivity contribution in [1.82, 2.24) is 5.06 Å². The Kier molecular flexibility index (Phi) is 4.55. The SMILES string of the molecule is O=S(=O)(ON1CCc2ccccc2C1)C(F)(F)C(F)(F)C1CC2CCC1C2. The molecular formula is C18H21F4NO3S. The second kappa shape index (κ2) is 6.42.